The number of rotatable bonds is 2. The van der Waals surface area contributed by atoms with E-state index in [1.165, 1.54) is 0 Å². The smallest absolute Gasteiger partial charge is 0.335 e. The molecule has 24 heavy (non-hydrogen) atoms. The number of aromatic carboxylic acids is 1. The molecule has 0 aromatic heterocycles. The molecule has 2 N–H and O–H groups in total. The van der Waals surface area contributed by atoms with Gasteiger partial charge in [0, 0.05) is 28.8 Å². The Morgan fingerprint density at radius 2 is 2.00 bits per heavy atom. The maximum atomic E-state index is 11.1. The van der Waals surface area contributed by atoms with Gasteiger partial charge in [0.15, 0.2) is 0 Å². The second kappa shape index (κ2) is 6.11. The molecule has 0 bridgehead atoms. The molecule has 0 saturated carbocycles. The van der Waals surface area contributed by atoms with E-state index < -0.39 is 5.97 Å². The lowest BCUT2D eigenvalue weighted by Crippen LogP contribution is -2.36. The van der Waals surface area contributed by atoms with Crippen molar-refractivity contribution < 1.29 is 14.6 Å². The van der Waals surface area contributed by atoms with Crippen molar-refractivity contribution in [3.63, 3.8) is 0 Å². The summed E-state index contributed by atoms with van der Waals surface area (Å²) in [7, 11) is 0. The van der Waals surface area contributed by atoms with E-state index in [1.807, 2.05) is 30.3 Å². The van der Waals surface area contributed by atoms with Crippen LogP contribution in [-0.4, -0.2) is 17.7 Å². The molecule has 2 aromatic rings. The molecular weight excluding hydrogens is 326 g/mol. The van der Waals surface area contributed by atoms with Crippen molar-refractivity contribution in [3.8, 4) is 0 Å². The van der Waals surface area contributed by atoms with Gasteiger partial charge in [-0.3, -0.25) is 0 Å². The summed E-state index contributed by atoms with van der Waals surface area (Å²) in [6.45, 7) is 0.762. The third kappa shape index (κ3) is 2.66. The van der Waals surface area contributed by atoms with E-state index in [4.69, 9.17) is 21.4 Å². The summed E-state index contributed by atoms with van der Waals surface area (Å²) in [5.74, 6) is -0.600. The Bertz CT molecular complexity index is 775. The van der Waals surface area contributed by atoms with Crippen LogP contribution in [0.4, 0.5) is 5.69 Å². The van der Waals surface area contributed by atoms with E-state index in [0.717, 1.165) is 36.3 Å². The van der Waals surface area contributed by atoms with Crippen LogP contribution in [0.1, 0.15) is 46.5 Å². The number of ether oxygens (including phenoxy) is 1. The van der Waals surface area contributed by atoms with E-state index in [1.54, 1.807) is 12.1 Å². The molecule has 0 amide bonds. The fourth-order valence-electron chi connectivity index (χ4n) is 3.80. The van der Waals surface area contributed by atoms with Gasteiger partial charge in [-0.05, 0) is 48.7 Å². The number of carbonyl (C=O) groups is 1. The zero-order chi connectivity index (χ0) is 16.7. The number of halogens is 1. The molecule has 4 rings (SSSR count). The molecule has 0 spiro atoms. The third-order valence-electron chi connectivity index (χ3n) is 4.94. The van der Waals surface area contributed by atoms with E-state index in [0.29, 0.717) is 16.5 Å². The van der Waals surface area contributed by atoms with Crippen LogP contribution in [0.5, 0.6) is 0 Å². The van der Waals surface area contributed by atoms with Crippen LogP contribution < -0.4 is 5.32 Å². The van der Waals surface area contributed by atoms with Gasteiger partial charge in [0.1, 0.15) is 0 Å². The summed E-state index contributed by atoms with van der Waals surface area (Å²) >= 11 is 6.17. The van der Waals surface area contributed by atoms with Crippen molar-refractivity contribution in [1.82, 2.24) is 0 Å². The van der Waals surface area contributed by atoms with Crippen LogP contribution in [-0.2, 0) is 4.74 Å². The highest BCUT2D eigenvalue weighted by atomic mass is 35.5. The van der Waals surface area contributed by atoms with Gasteiger partial charge in [0.25, 0.3) is 0 Å². The Kier molecular flexibility index (Phi) is 3.94. The van der Waals surface area contributed by atoms with E-state index >= 15 is 0 Å². The van der Waals surface area contributed by atoms with Crippen LogP contribution in [0.2, 0.25) is 5.02 Å². The Balaban J connectivity index is 1.73. The summed E-state index contributed by atoms with van der Waals surface area (Å²) in [5.41, 5.74) is 3.54. The quantitative estimate of drug-likeness (QED) is 0.831. The molecule has 1 fully saturated rings. The first-order chi connectivity index (χ1) is 11.6. The van der Waals surface area contributed by atoms with Crippen LogP contribution in [0, 0.1) is 5.92 Å². The minimum atomic E-state index is -0.906. The number of anilines is 1. The van der Waals surface area contributed by atoms with Crippen LogP contribution in [0.25, 0.3) is 0 Å². The molecule has 0 radical (unpaired) electrons. The summed E-state index contributed by atoms with van der Waals surface area (Å²) in [6, 6.07) is 13.1. The van der Waals surface area contributed by atoms with E-state index in [2.05, 4.69) is 5.32 Å². The predicted octanol–water partition coefficient (Wildman–Crippen LogP) is 4.67. The molecule has 124 valence electrons. The van der Waals surface area contributed by atoms with Crippen molar-refractivity contribution in [3.05, 3.63) is 64.2 Å². The van der Waals surface area contributed by atoms with Crippen LogP contribution >= 0.6 is 11.6 Å². The Hall–Kier alpha value is -2.04. The van der Waals surface area contributed by atoms with Gasteiger partial charge < -0.3 is 15.2 Å². The number of carboxylic acids is 1. The van der Waals surface area contributed by atoms with E-state index in [-0.39, 0.29) is 12.1 Å². The number of fused-ring (bicyclic) bond motifs is 3. The maximum absolute atomic E-state index is 11.1. The molecule has 5 heteroatoms. The third-order valence-corrected chi connectivity index (χ3v) is 5.18. The molecule has 2 unspecified atom stereocenters. The number of nitrogens with one attached hydrogen (secondary N) is 1. The lowest BCUT2D eigenvalue weighted by Gasteiger charge is -2.43. The van der Waals surface area contributed by atoms with Gasteiger partial charge in [0.05, 0.1) is 17.7 Å². The zero-order valence-corrected chi connectivity index (χ0v) is 13.8. The highest BCUT2D eigenvalue weighted by Crippen LogP contribution is 2.49. The van der Waals surface area contributed by atoms with Crippen molar-refractivity contribution in [2.24, 2.45) is 5.92 Å². The molecule has 1 saturated heterocycles. The first kappa shape index (κ1) is 15.5. The largest absolute Gasteiger partial charge is 0.478 e. The second-order valence-electron chi connectivity index (χ2n) is 6.38. The molecule has 4 nitrogen and oxygen atoms in total. The standard InChI is InChI=1S/C19H18ClNO3/c20-13-7-8-16-15(10-13)18-14(2-1-9-24-18)17(21-16)11-3-5-12(6-4-11)19(22)23/h3-8,10,14,17-18,21H,1-2,9H2,(H,22,23)/t14?,17-,18?/m0/s1. The summed E-state index contributed by atoms with van der Waals surface area (Å²) < 4.78 is 6.08. The van der Waals surface area contributed by atoms with Crippen molar-refractivity contribution in [2.45, 2.75) is 25.0 Å². The first-order valence-electron chi connectivity index (χ1n) is 8.14. The minimum Gasteiger partial charge on any atom is -0.478 e. The zero-order valence-electron chi connectivity index (χ0n) is 13.0. The van der Waals surface area contributed by atoms with Crippen molar-refractivity contribution in [2.75, 3.05) is 11.9 Å². The molecule has 2 heterocycles. The van der Waals surface area contributed by atoms with Gasteiger partial charge in [-0.15, -0.1) is 0 Å². The molecular formula is C19H18ClNO3. The highest BCUT2D eigenvalue weighted by Gasteiger charge is 2.39. The molecule has 2 aliphatic rings. The summed E-state index contributed by atoms with van der Waals surface area (Å²) in [5, 5.41) is 13.4. The molecule has 2 aromatic carbocycles. The van der Waals surface area contributed by atoms with E-state index in [9.17, 15) is 4.79 Å². The number of hydrogen-bond donors (Lipinski definition) is 2. The highest BCUT2D eigenvalue weighted by molar-refractivity contribution is 6.30. The van der Waals surface area contributed by atoms with Crippen molar-refractivity contribution >= 4 is 23.3 Å². The summed E-state index contributed by atoms with van der Waals surface area (Å²) in [4.78, 5) is 11.1. The van der Waals surface area contributed by atoms with Crippen molar-refractivity contribution in [1.29, 1.82) is 0 Å². The van der Waals surface area contributed by atoms with Gasteiger partial charge in [0.2, 0.25) is 0 Å². The average molecular weight is 344 g/mol. The van der Waals surface area contributed by atoms with Crippen LogP contribution in [0.3, 0.4) is 0 Å². The first-order valence-corrected chi connectivity index (χ1v) is 8.52. The number of carboxylic acid groups (broad SMARTS) is 1. The number of benzene rings is 2. The van der Waals surface area contributed by atoms with Crippen LogP contribution in [0.15, 0.2) is 42.5 Å². The predicted molar refractivity (Wildman–Crippen MR) is 92.6 cm³/mol. The summed E-state index contributed by atoms with van der Waals surface area (Å²) in [6.07, 6.45) is 2.12. The Morgan fingerprint density at radius 3 is 2.75 bits per heavy atom. The fourth-order valence-corrected chi connectivity index (χ4v) is 3.99. The average Bonchev–Trinajstić information content (AvgIpc) is 2.61. The number of hydrogen-bond acceptors (Lipinski definition) is 3. The minimum absolute atomic E-state index is 0.0258. The maximum Gasteiger partial charge on any atom is 0.335 e. The van der Waals surface area contributed by atoms with Gasteiger partial charge in [-0.1, -0.05) is 23.7 Å². The molecule has 0 aliphatic carbocycles. The Labute approximate surface area is 145 Å². The topological polar surface area (TPSA) is 58.6 Å². The lowest BCUT2D eigenvalue weighted by atomic mass is 9.77. The second-order valence-corrected chi connectivity index (χ2v) is 6.81. The van der Waals surface area contributed by atoms with Gasteiger partial charge in [-0.25, -0.2) is 4.79 Å². The normalized spacial score (nSPS) is 25.3. The molecule has 3 atom stereocenters. The fraction of sp³-hybridized carbons (Fsp3) is 0.316. The molecule has 2 aliphatic heterocycles. The lowest BCUT2D eigenvalue weighted by molar-refractivity contribution is -0.0381. The monoisotopic (exact) mass is 343 g/mol. The SMILES string of the molecule is O=C(O)c1ccc([C@@H]2Nc3ccc(Cl)cc3C3OCCCC32)cc1. The van der Waals surface area contributed by atoms with Gasteiger partial charge in [-0.2, -0.15) is 0 Å². The Morgan fingerprint density at radius 1 is 1.21 bits per heavy atom. The van der Waals surface area contributed by atoms with Gasteiger partial charge >= 0.3 is 5.97 Å².